The second-order valence-corrected chi connectivity index (χ2v) is 5.43. The Hall–Kier alpha value is -1.75. The molecule has 1 aliphatic carbocycles. The fourth-order valence-corrected chi connectivity index (χ4v) is 2.94. The molecule has 0 radical (unpaired) electrons. The highest BCUT2D eigenvalue weighted by Crippen LogP contribution is 2.37. The molecule has 3 rings (SSSR count). The lowest BCUT2D eigenvalue weighted by atomic mass is 9.81. The number of allylic oxidation sites excluding steroid dienone is 2. The van der Waals surface area contributed by atoms with E-state index in [1.165, 1.54) is 0 Å². The predicted octanol–water partition coefficient (Wildman–Crippen LogP) is 3.35. The monoisotopic (exact) mass is 295 g/mol. The van der Waals surface area contributed by atoms with Crippen molar-refractivity contribution in [2.75, 3.05) is 13.1 Å². The lowest BCUT2D eigenvalue weighted by molar-refractivity contribution is 0.0596. The van der Waals surface area contributed by atoms with E-state index in [-0.39, 0.29) is 11.7 Å². The summed E-state index contributed by atoms with van der Waals surface area (Å²) in [5.41, 5.74) is -0.719. The fourth-order valence-electron chi connectivity index (χ4n) is 2.94. The van der Waals surface area contributed by atoms with Crippen LogP contribution >= 0.6 is 0 Å². The first-order chi connectivity index (χ1) is 10.1. The Morgan fingerprint density at radius 3 is 2.57 bits per heavy atom. The zero-order valence-electron chi connectivity index (χ0n) is 11.4. The Labute approximate surface area is 121 Å². The molecular weight excluding hydrogens is 279 g/mol. The summed E-state index contributed by atoms with van der Waals surface area (Å²) < 4.78 is 46.1. The highest BCUT2D eigenvalue weighted by atomic mass is 19.2. The van der Waals surface area contributed by atoms with Crippen molar-refractivity contribution in [3.63, 3.8) is 0 Å². The Kier molecular flexibility index (Phi) is 3.76. The standard InChI is InChI=1S/C16H16F3NO/c17-12-8-14(19)15(9-13(12)18)21-16(5-2-1-3-6-16)11-4-7-20-10-11/h1-3,5,8-9,11,20H,4,6-7,10H2/t11-,16-/m0/s1. The van der Waals surface area contributed by atoms with Gasteiger partial charge in [-0.05, 0) is 19.0 Å². The van der Waals surface area contributed by atoms with Crippen molar-refractivity contribution in [1.82, 2.24) is 5.32 Å². The van der Waals surface area contributed by atoms with Gasteiger partial charge in [0.25, 0.3) is 0 Å². The van der Waals surface area contributed by atoms with E-state index in [0.717, 1.165) is 25.6 Å². The molecule has 0 bridgehead atoms. The summed E-state index contributed by atoms with van der Waals surface area (Å²) in [7, 11) is 0. The normalized spacial score (nSPS) is 28.0. The first kappa shape index (κ1) is 14.2. The molecule has 2 aliphatic rings. The molecule has 1 fully saturated rings. The Balaban J connectivity index is 1.93. The van der Waals surface area contributed by atoms with E-state index < -0.39 is 23.1 Å². The first-order valence-corrected chi connectivity index (χ1v) is 6.99. The van der Waals surface area contributed by atoms with Gasteiger partial charge in [-0.1, -0.05) is 18.2 Å². The quantitative estimate of drug-likeness (QED) is 0.864. The molecule has 1 aliphatic heterocycles. The number of nitrogens with one attached hydrogen (secondary N) is 1. The van der Waals surface area contributed by atoms with Gasteiger partial charge in [0.15, 0.2) is 23.2 Å². The average molecular weight is 295 g/mol. The van der Waals surface area contributed by atoms with Gasteiger partial charge in [-0.3, -0.25) is 0 Å². The van der Waals surface area contributed by atoms with Crippen LogP contribution in [0.15, 0.2) is 36.4 Å². The predicted molar refractivity (Wildman–Crippen MR) is 73.5 cm³/mol. The molecular formula is C16H16F3NO. The van der Waals surface area contributed by atoms with Gasteiger partial charge < -0.3 is 10.1 Å². The van der Waals surface area contributed by atoms with Gasteiger partial charge in [0, 0.05) is 31.0 Å². The van der Waals surface area contributed by atoms with Gasteiger partial charge in [0.05, 0.1) is 0 Å². The van der Waals surface area contributed by atoms with Gasteiger partial charge in [0.2, 0.25) is 0 Å². The minimum absolute atomic E-state index is 0.159. The maximum Gasteiger partial charge on any atom is 0.168 e. The van der Waals surface area contributed by atoms with E-state index in [9.17, 15) is 13.2 Å². The smallest absolute Gasteiger partial charge is 0.168 e. The van der Waals surface area contributed by atoms with E-state index in [4.69, 9.17) is 4.74 Å². The number of halogens is 3. The summed E-state index contributed by atoms with van der Waals surface area (Å²) >= 11 is 0. The molecule has 0 unspecified atom stereocenters. The second kappa shape index (κ2) is 5.56. The number of rotatable bonds is 3. The van der Waals surface area contributed by atoms with Crippen molar-refractivity contribution in [3.05, 3.63) is 53.9 Å². The van der Waals surface area contributed by atoms with E-state index in [1.54, 1.807) is 0 Å². The van der Waals surface area contributed by atoms with Crippen LogP contribution in [0.3, 0.4) is 0 Å². The van der Waals surface area contributed by atoms with Gasteiger partial charge >= 0.3 is 0 Å². The summed E-state index contributed by atoms with van der Waals surface area (Å²) in [4.78, 5) is 0. The summed E-state index contributed by atoms with van der Waals surface area (Å²) in [6, 6.07) is 1.30. The fraction of sp³-hybridized carbons (Fsp3) is 0.375. The van der Waals surface area contributed by atoms with E-state index in [0.29, 0.717) is 12.5 Å². The van der Waals surface area contributed by atoms with Gasteiger partial charge in [0.1, 0.15) is 5.60 Å². The van der Waals surface area contributed by atoms with Crippen LogP contribution in [-0.2, 0) is 0 Å². The Morgan fingerprint density at radius 2 is 1.90 bits per heavy atom. The zero-order valence-corrected chi connectivity index (χ0v) is 11.4. The molecule has 1 N–H and O–H groups in total. The second-order valence-electron chi connectivity index (χ2n) is 5.43. The molecule has 1 saturated heterocycles. The average Bonchev–Trinajstić information content (AvgIpc) is 3.01. The van der Waals surface area contributed by atoms with Crippen molar-refractivity contribution >= 4 is 0 Å². The topological polar surface area (TPSA) is 21.3 Å². The third-order valence-electron chi connectivity index (χ3n) is 4.09. The van der Waals surface area contributed by atoms with Gasteiger partial charge in [-0.2, -0.15) is 0 Å². The minimum atomic E-state index is -1.21. The van der Waals surface area contributed by atoms with Crippen LogP contribution in [0.2, 0.25) is 0 Å². The highest BCUT2D eigenvalue weighted by Gasteiger charge is 2.40. The van der Waals surface area contributed by atoms with Crippen molar-refractivity contribution in [3.8, 4) is 5.75 Å². The third kappa shape index (κ3) is 2.70. The highest BCUT2D eigenvalue weighted by molar-refractivity contribution is 5.30. The summed E-state index contributed by atoms with van der Waals surface area (Å²) in [6.07, 6.45) is 9.03. The van der Waals surface area contributed by atoms with Gasteiger partial charge in [-0.15, -0.1) is 0 Å². The first-order valence-electron chi connectivity index (χ1n) is 6.99. The molecule has 0 spiro atoms. The number of hydrogen-bond donors (Lipinski definition) is 1. The largest absolute Gasteiger partial charge is 0.479 e. The van der Waals surface area contributed by atoms with Crippen LogP contribution < -0.4 is 10.1 Å². The maximum absolute atomic E-state index is 13.9. The lowest BCUT2D eigenvalue weighted by Crippen LogP contribution is -2.43. The number of benzene rings is 1. The van der Waals surface area contributed by atoms with Crippen molar-refractivity contribution in [2.24, 2.45) is 5.92 Å². The molecule has 21 heavy (non-hydrogen) atoms. The van der Waals surface area contributed by atoms with E-state index in [1.807, 2.05) is 24.3 Å². The van der Waals surface area contributed by atoms with Crippen LogP contribution in [-0.4, -0.2) is 18.7 Å². The van der Waals surface area contributed by atoms with E-state index in [2.05, 4.69) is 5.32 Å². The molecule has 0 aromatic heterocycles. The molecule has 0 amide bonds. The molecule has 112 valence electrons. The van der Waals surface area contributed by atoms with E-state index >= 15 is 0 Å². The molecule has 0 saturated carbocycles. The molecule has 2 nitrogen and oxygen atoms in total. The zero-order chi connectivity index (χ0) is 14.9. The summed E-state index contributed by atoms with van der Waals surface area (Å²) in [6.45, 7) is 1.62. The molecule has 5 heteroatoms. The molecule has 1 aromatic carbocycles. The van der Waals surface area contributed by atoms with Crippen LogP contribution in [0.25, 0.3) is 0 Å². The SMILES string of the molecule is Fc1cc(F)c(O[C@@]2([C@H]3CCNC3)C=CC=CC2)cc1F. The van der Waals surface area contributed by atoms with Crippen molar-refractivity contribution in [1.29, 1.82) is 0 Å². The molecule has 1 aromatic rings. The van der Waals surface area contributed by atoms with Crippen molar-refractivity contribution < 1.29 is 17.9 Å². The number of ether oxygens (including phenoxy) is 1. The molecule has 1 heterocycles. The van der Waals surface area contributed by atoms with Crippen LogP contribution in [0.5, 0.6) is 5.75 Å². The van der Waals surface area contributed by atoms with Crippen LogP contribution in [0.4, 0.5) is 13.2 Å². The van der Waals surface area contributed by atoms with Crippen LogP contribution in [0, 0.1) is 23.4 Å². The number of hydrogen-bond acceptors (Lipinski definition) is 2. The Bertz CT molecular complexity index is 593. The third-order valence-corrected chi connectivity index (χ3v) is 4.09. The van der Waals surface area contributed by atoms with Gasteiger partial charge in [-0.25, -0.2) is 13.2 Å². The van der Waals surface area contributed by atoms with Crippen molar-refractivity contribution in [2.45, 2.75) is 18.4 Å². The lowest BCUT2D eigenvalue weighted by Gasteiger charge is -2.37. The van der Waals surface area contributed by atoms with Crippen LogP contribution in [0.1, 0.15) is 12.8 Å². The summed E-state index contributed by atoms with van der Waals surface area (Å²) in [5.74, 6) is -3.30. The summed E-state index contributed by atoms with van der Waals surface area (Å²) in [5, 5.41) is 3.25. The molecule has 2 atom stereocenters. The minimum Gasteiger partial charge on any atom is -0.479 e. The Morgan fingerprint density at radius 1 is 1.10 bits per heavy atom. The maximum atomic E-state index is 13.9.